The Bertz CT molecular complexity index is 891. The van der Waals surface area contributed by atoms with Gasteiger partial charge in [-0.3, -0.25) is 4.79 Å². The Labute approximate surface area is 158 Å². The first-order valence-corrected chi connectivity index (χ1v) is 8.47. The average Bonchev–Trinajstić information content (AvgIpc) is 3.01. The van der Waals surface area contributed by atoms with E-state index in [-0.39, 0.29) is 12.3 Å². The highest BCUT2D eigenvalue weighted by Gasteiger charge is 2.11. The van der Waals surface area contributed by atoms with E-state index in [9.17, 15) is 4.79 Å². The van der Waals surface area contributed by atoms with Crippen molar-refractivity contribution in [2.45, 2.75) is 12.8 Å². The van der Waals surface area contributed by atoms with E-state index in [1.165, 1.54) is 0 Å². The molecule has 1 aromatic heterocycles. The first kappa shape index (κ1) is 17.7. The highest BCUT2D eigenvalue weighted by molar-refractivity contribution is 6.35. The molecular formula is C17H12Cl3N3O2. The molecule has 8 heteroatoms. The van der Waals surface area contributed by atoms with Gasteiger partial charge in [-0.05, 0) is 30.3 Å². The van der Waals surface area contributed by atoms with Crippen molar-refractivity contribution in [2.75, 3.05) is 5.32 Å². The van der Waals surface area contributed by atoms with Crippen molar-refractivity contribution in [3.05, 3.63) is 63.4 Å². The van der Waals surface area contributed by atoms with Crippen LogP contribution in [0.1, 0.15) is 12.3 Å². The summed E-state index contributed by atoms with van der Waals surface area (Å²) in [4.78, 5) is 16.3. The van der Waals surface area contributed by atoms with Crippen LogP contribution in [0.25, 0.3) is 11.4 Å². The van der Waals surface area contributed by atoms with Gasteiger partial charge in [-0.15, -0.1) is 0 Å². The Hall–Kier alpha value is -2.08. The molecule has 0 spiro atoms. The van der Waals surface area contributed by atoms with Gasteiger partial charge in [-0.1, -0.05) is 52.1 Å². The molecule has 0 saturated heterocycles. The predicted molar refractivity (Wildman–Crippen MR) is 98.2 cm³/mol. The van der Waals surface area contributed by atoms with Gasteiger partial charge < -0.3 is 9.84 Å². The molecular weight excluding hydrogens is 385 g/mol. The van der Waals surface area contributed by atoms with E-state index in [0.29, 0.717) is 38.9 Å². The second-order valence-electron chi connectivity index (χ2n) is 5.23. The van der Waals surface area contributed by atoms with Crippen molar-refractivity contribution < 1.29 is 9.32 Å². The smallest absolute Gasteiger partial charge is 0.227 e. The third kappa shape index (κ3) is 4.95. The lowest BCUT2D eigenvalue weighted by Gasteiger charge is -2.05. The number of aryl methyl sites for hydroxylation is 1. The lowest BCUT2D eigenvalue weighted by Crippen LogP contribution is -2.12. The molecule has 128 valence electrons. The number of rotatable bonds is 5. The van der Waals surface area contributed by atoms with Crippen LogP contribution in [-0.4, -0.2) is 16.0 Å². The first-order valence-electron chi connectivity index (χ1n) is 7.34. The molecule has 0 unspecified atom stereocenters. The molecule has 25 heavy (non-hydrogen) atoms. The number of anilines is 1. The molecule has 0 aliphatic heterocycles. The Balaban J connectivity index is 1.59. The normalized spacial score (nSPS) is 10.7. The van der Waals surface area contributed by atoms with Crippen molar-refractivity contribution in [2.24, 2.45) is 0 Å². The quantitative estimate of drug-likeness (QED) is 0.638. The number of hydrogen-bond donors (Lipinski definition) is 1. The standard InChI is InChI=1S/C17H12Cl3N3O2/c18-11-3-1-2-10(6-11)17-22-16(25-23-17)5-4-15(24)21-14-8-12(19)7-13(20)9-14/h1-3,6-9H,4-5H2,(H,21,24). The van der Waals surface area contributed by atoms with E-state index < -0.39 is 0 Å². The molecule has 0 saturated carbocycles. The van der Waals surface area contributed by atoms with Gasteiger partial charge in [0.15, 0.2) is 0 Å². The van der Waals surface area contributed by atoms with Crippen molar-refractivity contribution in [1.29, 1.82) is 0 Å². The largest absolute Gasteiger partial charge is 0.339 e. The number of carbonyl (C=O) groups is 1. The fourth-order valence-corrected chi connectivity index (χ4v) is 2.89. The third-order valence-electron chi connectivity index (χ3n) is 3.26. The van der Waals surface area contributed by atoms with Crippen molar-refractivity contribution in [1.82, 2.24) is 10.1 Å². The average molecular weight is 397 g/mol. The summed E-state index contributed by atoms with van der Waals surface area (Å²) in [6.45, 7) is 0. The van der Waals surface area contributed by atoms with E-state index in [0.717, 1.165) is 5.56 Å². The molecule has 5 nitrogen and oxygen atoms in total. The number of amides is 1. The molecule has 0 fully saturated rings. The Morgan fingerprint density at radius 1 is 1.04 bits per heavy atom. The van der Waals surface area contributed by atoms with Crippen LogP contribution in [0.2, 0.25) is 15.1 Å². The number of aromatic nitrogens is 2. The number of halogens is 3. The van der Waals surface area contributed by atoms with Crippen LogP contribution < -0.4 is 5.32 Å². The molecule has 0 atom stereocenters. The van der Waals surface area contributed by atoms with E-state index in [2.05, 4.69) is 15.5 Å². The number of nitrogens with one attached hydrogen (secondary N) is 1. The number of nitrogens with zero attached hydrogens (tertiary/aromatic N) is 2. The Morgan fingerprint density at radius 2 is 1.80 bits per heavy atom. The number of benzene rings is 2. The summed E-state index contributed by atoms with van der Waals surface area (Å²) in [5.41, 5.74) is 1.29. The van der Waals surface area contributed by atoms with E-state index in [1.807, 2.05) is 6.07 Å². The summed E-state index contributed by atoms with van der Waals surface area (Å²) in [6.07, 6.45) is 0.495. The Kier molecular flexibility index (Phi) is 5.58. The zero-order valence-corrected chi connectivity index (χ0v) is 15.1. The second-order valence-corrected chi connectivity index (χ2v) is 6.54. The summed E-state index contributed by atoms with van der Waals surface area (Å²) >= 11 is 17.7. The van der Waals surface area contributed by atoms with Crippen LogP contribution in [0.15, 0.2) is 47.0 Å². The molecule has 1 N–H and O–H groups in total. The summed E-state index contributed by atoms with van der Waals surface area (Å²) in [7, 11) is 0. The van der Waals surface area contributed by atoms with E-state index in [1.54, 1.807) is 36.4 Å². The highest BCUT2D eigenvalue weighted by Crippen LogP contribution is 2.23. The maximum absolute atomic E-state index is 12.0. The SMILES string of the molecule is O=C(CCc1nc(-c2cccc(Cl)c2)no1)Nc1cc(Cl)cc(Cl)c1. The van der Waals surface area contributed by atoms with Crippen LogP contribution in [0.3, 0.4) is 0 Å². The van der Waals surface area contributed by atoms with Gasteiger partial charge in [-0.2, -0.15) is 4.98 Å². The molecule has 2 aromatic carbocycles. The minimum atomic E-state index is -0.208. The molecule has 1 heterocycles. The van der Waals surface area contributed by atoms with Gasteiger partial charge in [0.25, 0.3) is 0 Å². The summed E-state index contributed by atoms with van der Waals surface area (Å²) < 4.78 is 5.17. The van der Waals surface area contributed by atoms with Gasteiger partial charge >= 0.3 is 0 Å². The number of carbonyl (C=O) groups excluding carboxylic acids is 1. The fraction of sp³-hybridized carbons (Fsp3) is 0.118. The molecule has 3 aromatic rings. The van der Waals surface area contributed by atoms with Gasteiger partial charge in [0.05, 0.1) is 0 Å². The van der Waals surface area contributed by atoms with Crippen LogP contribution in [0.4, 0.5) is 5.69 Å². The molecule has 1 amide bonds. The molecule has 0 radical (unpaired) electrons. The van der Waals surface area contributed by atoms with Crippen molar-refractivity contribution in [3.63, 3.8) is 0 Å². The van der Waals surface area contributed by atoms with Crippen LogP contribution in [0.5, 0.6) is 0 Å². The summed E-state index contributed by atoms with van der Waals surface area (Å²) in [5, 5.41) is 8.11. The van der Waals surface area contributed by atoms with Gasteiger partial charge in [-0.25, -0.2) is 0 Å². The minimum absolute atomic E-state index is 0.182. The minimum Gasteiger partial charge on any atom is -0.339 e. The van der Waals surface area contributed by atoms with Crippen molar-refractivity contribution >= 4 is 46.4 Å². The lowest BCUT2D eigenvalue weighted by molar-refractivity contribution is -0.116. The monoisotopic (exact) mass is 395 g/mol. The van der Waals surface area contributed by atoms with Gasteiger partial charge in [0.1, 0.15) is 0 Å². The van der Waals surface area contributed by atoms with Crippen LogP contribution in [0, 0.1) is 0 Å². The fourth-order valence-electron chi connectivity index (χ4n) is 2.17. The maximum atomic E-state index is 12.0. The predicted octanol–water partition coefficient (Wildman–Crippen LogP) is 5.27. The topological polar surface area (TPSA) is 68.0 Å². The van der Waals surface area contributed by atoms with Gasteiger partial charge in [0.2, 0.25) is 17.6 Å². The molecule has 0 aliphatic rings. The van der Waals surface area contributed by atoms with Gasteiger partial charge in [0, 0.05) is 39.2 Å². The maximum Gasteiger partial charge on any atom is 0.227 e. The Morgan fingerprint density at radius 3 is 2.52 bits per heavy atom. The zero-order valence-electron chi connectivity index (χ0n) is 12.8. The third-order valence-corrected chi connectivity index (χ3v) is 3.93. The molecule has 3 rings (SSSR count). The highest BCUT2D eigenvalue weighted by atomic mass is 35.5. The number of hydrogen-bond acceptors (Lipinski definition) is 4. The molecule has 0 aliphatic carbocycles. The summed E-state index contributed by atoms with van der Waals surface area (Å²) in [6, 6.07) is 12.0. The first-order chi connectivity index (χ1) is 12.0. The van der Waals surface area contributed by atoms with Crippen molar-refractivity contribution in [3.8, 4) is 11.4 Å². The summed E-state index contributed by atoms with van der Waals surface area (Å²) in [5.74, 6) is 0.592. The van der Waals surface area contributed by atoms with Crippen LogP contribution >= 0.6 is 34.8 Å². The zero-order chi connectivity index (χ0) is 17.8. The van der Waals surface area contributed by atoms with E-state index in [4.69, 9.17) is 39.3 Å². The lowest BCUT2D eigenvalue weighted by atomic mass is 10.2. The second kappa shape index (κ2) is 7.87. The molecule has 0 bridgehead atoms. The van der Waals surface area contributed by atoms with E-state index >= 15 is 0 Å². The van der Waals surface area contributed by atoms with Crippen LogP contribution in [-0.2, 0) is 11.2 Å².